The van der Waals surface area contributed by atoms with Crippen molar-refractivity contribution in [1.82, 2.24) is 4.98 Å². The molecule has 0 unspecified atom stereocenters. The van der Waals surface area contributed by atoms with Crippen LogP contribution in [0.25, 0.3) is 10.9 Å². The van der Waals surface area contributed by atoms with Gasteiger partial charge in [-0.25, -0.2) is 0 Å². The molecule has 6 heteroatoms. The molecule has 1 aromatic heterocycles. The van der Waals surface area contributed by atoms with Gasteiger partial charge in [0.2, 0.25) is 0 Å². The van der Waals surface area contributed by atoms with Crippen LogP contribution in [0.1, 0.15) is 16.8 Å². The molecule has 0 atom stereocenters. The molecule has 0 aliphatic heterocycles. The second-order valence-corrected chi connectivity index (χ2v) is 4.00. The van der Waals surface area contributed by atoms with Gasteiger partial charge >= 0.3 is 6.18 Å². The summed E-state index contributed by atoms with van der Waals surface area (Å²) in [5.41, 5.74) is 5.83. The van der Waals surface area contributed by atoms with Crippen LogP contribution < -0.4 is 10.5 Å². The van der Waals surface area contributed by atoms with E-state index in [1.165, 1.54) is 7.11 Å². The van der Waals surface area contributed by atoms with Crippen LogP contribution in [0.3, 0.4) is 0 Å². The van der Waals surface area contributed by atoms with E-state index in [0.29, 0.717) is 22.2 Å². The molecule has 2 aromatic rings. The van der Waals surface area contributed by atoms with Crippen LogP contribution in [0.4, 0.5) is 13.2 Å². The highest BCUT2D eigenvalue weighted by atomic mass is 19.4. The van der Waals surface area contributed by atoms with Crippen LogP contribution in [0.2, 0.25) is 0 Å². The van der Waals surface area contributed by atoms with Gasteiger partial charge in [0.25, 0.3) is 0 Å². The Balaban J connectivity index is 2.83. The number of halogens is 3. The molecule has 18 heavy (non-hydrogen) atoms. The molecule has 0 spiro atoms. The molecule has 3 N–H and O–H groups in total. The lowest BCUT2D eigenvalue weighted by atomic mass is 10.0. The summed E-state index contributed by atoms with van der Waals surface area (Å²) < 4.78 is 43.7. The van der Waals surface area contributed by atoms with Crippen molar-refractivity contribution in [2.45, 2.75) is 19.6 Å². The van der Waals surface area contributed by atoms with Crippen molar-refractivity contribution in [2.24, 2.45) is 5.73 Å². The smallest absolute Gasteiger partial charge is 0.431 e. The Morgan fingerprint density at radius 3 is 2.50 bits per heavy atom. The van der Waals surface area contributed by atoms with E-state index in [4.69, 9.17) is 10.5 Å². The molecule has 1 heterocycles. The Bertz CT molecular complexity index is 587. The van der Waals surface area contributed by atoms with Crippen molar-refractivity contribution in [3.05, 3.63) is 29.0 Å². The van der Waals surface area contributed by atoms with Gasteiger partial charge in [-0.3, -0.25) is 0 Å². The number of aromatic amines is 1. The van der Waals surface area contributed by atoms with E-state index < -0.39 is 11.9 Å². The largest absolute Gasteiger partial charge is 0.496 e. The van der Waals surface area contributed by atoms with Gasteiger partial charge in [0, 0.05) is 28.6 Å². The van der Waals surface area contributed by atoms with Gasteiger partial charge in [0.05, 0.1) is 7.11 Å². The monoisotopic (exact) mass is 258 g/mol. The fraction of sp³-hybridized carbons (Fsp3) is 0.333. The van der Waals surface area contributed by atoms with E-state index >= 15 is 0 Å². The van der Waals surface area contributed by atoms with Gasteiger partial charge in [-0.1, -0.05) is 0 Å². The highest BCUT2D eigenvalue weighted by Crippen LogP contribution is 2.38. The van der Waals surface area contributed by atoms with Crippen LogP contribution >= 0.6 is 0 Å². The molecule has 2 rings (SSSR count). The van der Waals surface area contributed by atoms with Crippen LogP contribution in [-0.4, -0.2) is 12.1 Å². The van der Waals surface area contributed by atoms with Crippen molar-refractivity contribution >= 4 is 10.9 Å². The highest BCUT2D eigenvalue weighted by Gasteiger charge is 2.36. The van der Waals surface area contributed by atoms with E-state index in [1.807, 2.05) is 0 Å². The molecule has 0 bridgehead atoms. The zero-order chi connectivity index (χ0) is 13.5. The standard InChI is InChI=1S/C12H13F3N2O/c1-6-9(18-2)4-3-8-10(6)7(5-16)11(17-8)12(13,14)15/h3-4,17H,5,16H2,1-2H3. The fourth-order valence-corrected chi connectivity index (χ4v) is 2.19. The molecule has 1 aromatic carbocycles. The first-order valence-electron chi connectivity index (χ1n) is 5.35. The predicted octanol–water partition coefficient (Wildman–Crippen LogP) is 2.96. The molecule has 0 fully saturated rings. The molecular formula is C12H13F3N2O. The number of nitrogens with one attached hydrogen (secondary N) is 1. The first-order valence-corrected chi connectivity index (χ1v) is 5.35. The van der Waals surface area contributed by atoms with Gasteiger partial charge in [0.15, 0.2) is 0 Å². The van der Waals surface area contributed by atoms with E-state index in [0.717, 1.165) is 0 Å². The van der Waals surface area contributed by atoms with E-state index in [1.54, 1.807) is 19.1 Å². The lowest BCUT2D eigenvalue weighted by Crippen LogP contribution is -2.11. The summed E-state index contributed by atoms with van der Waals surface area (Å²) in [6.07, 6.45) is -4.44. The number of nitrogens with two attached hydrogens (primary N) is 1. The number of alkyl halides is 3. The van der Waals surface area contributed by atoms with Crippen molar-refractivity contribution in [1.29, 1.82) is 0 Å². The number of hydrogen-bond acceptors (Lipinski definition) is 2. The molecular weight excluding hydrogens is 245 g/mol. The van der Waals surface area contributed by atoms with Gasteiger partial charge in [-0.05, 0) is 19.1 Å². The minimum Gasteiger partial charge on any atom is -0.496 e. The highest BCUT2D eigenvalue weighted by molar-refractivity contribution is 5.89. The lowest BCUT2D eigenvalue weighted by molar-refractivity contribution is -0.141. The average Bonchev–Trinajstić information content (AvgIpc) is 2.68. The van der Waals surface area contributed by atoms with Crippen LogP contribution in [0, 0.1) is 6.92 Å². The number of aromatic nitrogens is 1. The number of methoxy groups -OCH3 is 1. The SMILES string of the molecule is COc1ccc2[nH]c(C(F)(F)F)c(CN)c2c1C. The Hall–Kier alpha value is -1.69. The second kappa shape index (κ2) is 4.20. The zero-order valence-corrected chi connectivity index (χ0v) is 9.98. The van der Waals surface area contributed by atoms with Gasteiger partial charge < -0.3 is 15.5 Å². The minimum atomic E-state index is -4.44. The predicted molar refractivity (Wildman–Crippen MR) is 62.5 cm³/mol. The quantitative estimate of drug-likeness (QED) is 0.870. The summed E-state index contributed by atoms with van der Waals surface area (Å²) >= 11 is 0. The fourth-order valence-electron chi connectivity index (χ4n) is 2.19. The van der Waals surface area contributed by atoms with Crippen molar-refractivity contribution < 1.29 is 17.9 Å². The molecule has 0 radical (unpaired) electrons. The summed E-state index contributed by atoms with van der Waals surface area (Å²) in [6.45, 7) is 1.54. The van der Waals surface area contributed by atoms with Crippen molar-refractivity contribution in [3.63, 3.8) is 0 Å². The Morgan fingerprint density at radius 1 is 1.33 bits per heavy atom. The maximum atomic E-state index is 12.9. The normalized spacial score (nSPS) is 12.1. The molecule has 0 aliphatic rings. The number of hydrogen-bond donors (Lipinski definition) is 2. The lowest BCUT2D eigenvalue weighted by Gasteiger charge is -2.08. The van der Waals surface area contributed by atoms with Gasteiger partial charge in [-0.2, -0.15) is 13.2 Å². The Morgan fingerprint density at radius 2 is 2.00 bits per heavy atom. The van der Waals surface area contributed by atoms with E-state index in [2.05, 4.69) is 4.98 Å². The Labute approximate surface area is 102 Å². The minimum absolute atomic E-state index is 0.0777. The van der Waals surface area contributed by atoms with E-state index in [9.17, 15) is 13.2 Å². The summed E-state index contributed by atoms with van der Waals surface area (Å²) in [4.78, 5) is 2.39. The van der Waals surface area contributed by atoms with E-state index in [-0.39, 0.29) is 12.1 Å². The Kier molecular flexibility index (Phi) is 2.98. The number of fused-ring (bicyclic) bond motifs is 1. The number of H-pyrrole nitrogens is 1. The number of ether oxygens (including phenoxy) is 1. The third-order valence-electron chi connectivity index (χ3n) is 2.99. The van der Waals surface area contributed by atoms with Crippen molar-refractivity contribution in [3.8, 4) is 5.75 Å². The molecule has 0 saturated heterocycles. The van der Waals surface area contributed by atoms with Crippen LogP contribution in [-0.2, 0) is 12.7 Å². The molecule has 0 saturated carbocycles. The summed E-state index contributed by atoms with van der Waals surface area (Å²) in [5, 5.41) is 0.490. The molecule has 3 nitrogen and oxygen atoms in total. The zero-order valence-electron chi connectivity index (χ0n) is 9.98. The maximum absolute atomic E-state index is 12.9. The number of rotatable bonds is 2. The van der Waals surface area contributed by atoms with Gasteiger partial charge in [-0.15, -0.1) is 0 Å². The molecule has 98 valence electrons. The summed E-state index contributed by atoms with van der Waals surface area (Å²) in [5.74, 6) is 0.546. The first kappa shape index (κ1) is 12.8. The number of aryl methyl sites for hydroxylation is 1. The topological polar surface area (TPSA) is 51.0 Å². The molecule has 0 aliphatic carbocycles. The third-order valence-corrected chi connectivity index (χ3v) is 2.99. The third kappa shape index (κ3) is 1.82. The summed E-state index contributed by atoms with van der Waals surface area (Å²) in [6, 6.07) is 3.20. The summed E-state index contributed by atoms with van der Waals surface area (Å²) in [7, 11) is 1.48. The second-order valence-electron chi connectivity index (χ2n) is 4.00. The van der Waals surface area contributed by atoms with Crippen LogP contribution in [0.15, 0.2) is 12.1 Å². The first-order chi connectivity index (χ1) is 8.40. The average molecular weight is 258 g/mol. The van der Waals surface area contributed by atoms with Crippen molar-refractivity contribution in [2.75, 3.05) is 7.11 Å². The van der Waals surface area contributed by atoms with Crippen LogP contribution in [0.5, 0.6) is 5.75 Å². The number of benzene rings is 1. The van der Waals surface area contributed by atoms with Gasteiger partial charge in [0.1, 0.15) is 11.4 Å². The molecule has 0 amide bonds. The maximum Gasteiger partial charge on any atom is 0.431 e.